The maximum absolute atomic E-state index is 13.7. The fourth-order valence-electron chi connectivity index (χ4n) is 1.50. The summed E-state index contributed by atoms with van der Waals surface area (Å²) in [7, 11) is 0. The topological polar surface area (TPSA) is 9.23 Å². The number of halogens is 3. The van der Waals surface area contributed by atoms with Crippen LogP contribution in [0.5, 0.6) is 5.75 Å². The summed E-state index contributed by atoms with van der Waals surface area (Å²) in [5, 5.41) is 0.813. The van der Waals surface area contributed by atoms with E-state index in [0.29, 0.717) is 10.0 Å². The van der Waals surface area contributed by atoms with Crippen LogP contribution in [0.25, 0.3) is 0 Å². The second-order valence-electron chi connectivity index (χ2n) is 3.78. The molecule has 0 saturated carbocycles. The smallest absolute Gasteiger partial charge is 0.143 e. The van der Waals surface area contributed by atoms with Crippen molar-refractivity contribution in [1.29, 1.82) is 0 Å². The van der Waals surface area contributed by atoms with E-state index in [-0.39, 0.29) is 12.4 Å². The van der Waals surface area contributed by atoms with Gasteiger partial charge in [0.25, 0.3) is 0 Å². The highest BCUT2D eigenvalue weighted by Crippen LogP contribution is 2.21. The molecule has 0 N–H and O–H groups in total. The van der Waals surface area contributed by atoms with Crippen LogP contribution in [0.4, 0.5) is 4.39 Å². The van der Waals surface area contributed by atoms with E-state index in [1.807, 2.05) is 24.3 Å². The van der Waals surface area contributed by atoms with Gasteiger partial charge >= 0.3 is 0 Å². The normalized spacial score (nSPS) is 10.4. The van der Waals surface area contributed by atoms with Gasteiger partial charge in [-0.2, -0.15) is 0 Å². The van der Waals surface area contributed by atoms with Crippen molar-refractivity contribution >= 4 is 31.9 Å². The van der Waals surface area contributed by atoms with Crippen LogP contribution in [-0.2, 0) is 11.9 Å². The van der Waals surface area contributed by atoms with E-state index in [0.717, 1.165) is 11.1 Å². The number of alkyl halides is 1. The van der Waals surface area contributed by atoms with E-state index in [1.165, 1.54) is 5.56 Å². The molecule has 4 heteroatoms. The van der Waals surface area contributed by atoms with Crippen LogP contribution in [0.3, 0.4) is 0 Å². The highest BCUT2D eigenvalue weighted by molar-refractivity contribution is 9.10. The largest absolute Gasteiger partial charge is 0.489 e. The Morgan fingerprint density at radius 1 is 1.06 bits per heavy atom. The van der Waals surface area contributed by atoms with Gasteiger partial charge < -0.3 is 4.74 Å². The molecule has 0 unspecified atom stereocenters. The summed E-state index contributed by atoms with van der Waals surface area (Å²) in [6, 6.07) is 12.9. The maximum Gasteiger partial charge on any atom is 0.143 e. The van der Waals surface area contributed by atoms with Gasteiger partial charge in [-0.1, -0.05) is 40.2 Å². The molecular formula is C14H11Br2FO. The quantitative estimate of drug-likeness (QED) is 0.680. The first kappa shape index (κ1) is 13.6. The summed E-state index contributed by atoms with van der Waals surface area (Å²) < 4.78 is 19.7. The predicted molar refractivity (Wildman–Crippen MR) is 77.5 cm³/mol. The minimum Gasteiger partial charge on any atom is -0.489 e. The molecule has 0 heterocycles. The van der Waals surface area contributed by atoms with Gasteiger partial charge in [0.05, 0.1) is 4.47 Å². The molecule has 2 aromatic rings. The third-order valence-electron chi connectivity index (χ3n) is 2.50. The summed E-state index contributed by atoms with van der Waals surface area (Å²) in [5.74, 6) is 0.466. The number of hydrogen-bond donors (Lipinski definition) is 0. The third kappa shape index (κ3) is 3.33. The minimum absolute atomic E-state index is 0.221. The Hall–Kier alpha value is -0.870. The number of benzene rings is 2. The van der Waals surface area contributed by atoms with Crippen molar-refractivity contribution in [3.05, 3.63) is 63.9 Å². The van der Waals surface area contributed by atoms with Crippen molar-refractivity contribution in [2.75, 3.05) is 0 Å². The van der Waals surface area contributed by atoms with Gasteiger partial charge in [0.15, 0.2) is 0 Å². The molecule has 2 rings (SSSR count). The van der Waals surface area contributed by atoms with Crippen molar-refractivity contribution in [1.82, 2.24) is 0 Å². The lowest BCUT2D eigenvalue weighted by Crippen LogP contribution is -1.99. The van der Waals surface area contributed by atoms with Gasteiger partial charge in [0, 0.05) is 10.9 Å². The molecule has 0 spiro atoms. The van der Waals surface area contributed by atoms with Crippen molar-refractivity contribution in [3.63, 3.8) is 0 Å². The summed E-state index contributed by atoms with van der Waals surface area (Å²) >= 11 is 6.54. The molecule has 2 aromatic carbocycles. The Labute approximate surface area is 122 Å². The number of ether oxygens (including phenoxy) is 1. The monoisotopic (exact) mass is 372 g/mol. The van der Waals surface area contributed by atoms with E-state index >= 15 is 0 Å². The lowest BCUT2D eigenvalue weighted by atomic mass is 10.2. The van der Waals surface area contributed by atoms with Gasteiger partial charge in [-0.05, 0) is 39.7 Å². The molecule has 0 saturated heterocycles. The summed E-state index contributed by atoms with van der Waals surface area (Å²) in [6.45, 7) is 0.221. The number of hydrogen-bond acceptors (Lipinski definition) is 1. The molecule has 0 aliphatic carbocycles. The Balaban J connectivity index is 2.04. The zero-order valence-corrected chi connectivity index (χ0v) is 12.7. The van der Waals surface area contributed by atoms with Gasteiger partial charge in [-0.15, -0.1) is 0 Å². The molecule has 1 nitrogen and oxygen atoms in total. The fourth-order valence-corrected chi connectivity index (χ4v) is 2.28. The summed E-state index contributed by atoms with van der Waals surface area (Å²) in [6.07, 6.45) is 0. The second kappa shape index (κ2) is 6.34. The average molecular weight is 374 g/mol. The lowest BCUT2D eigenvalue weighted by molar-refractivity contribution is 0.299. The number of rotatable bonds is 4. The first-order valence-corrected chi connectivity index (χ1v) is 7.32. The lowest BCUT2D eigenvalue weighted by Gasteiger charge is -2.08. The standard InChI is InChI=1S/C14H11Br2FO/c15-8-10-4-6-12(7-5-10)18-9-11-2-1-3-13(16)14(11)17/h1-7H,8-9H2. The van der Waals surface area contributed by atoms with Crippen LogP contribution in [0.1, 0.15) is 11.1 Å². The van der Waals surface area contributed by atoms with Gasteiger partial charge in [-0.3, -0.25) is 0 Å². The highest BCUT2D eigenvalue weighted by atomic mass is 79.9. The zero-order chi connectivity index (χ0) is 13.0. The van der Waals surface area contributed by atoms with Crippen molar-refractivity contribution in [3.8, 4) is 5.75 Å². The van der Waals surface area contributed by atoms with E-state index < -0.39 is 0 Å². The van der Waals surface area contributed by atoms with Crippen LogP contribution >= 0.6 is 31.9 Å². The van der Waals surface area contributed by atoms with Crippen LogP contribution in [-0.4, -0.2) is 0 Å². The minimum atomic E-state index is -0.269. The molecule has 0 aliphatic heterocycles. The Morgan fingerprint density at radius 3 is 2.44 bits per heavy atom. The van der Waals surface area contributed by atoms with Crippen LogP contribution < -0.4 is 4.74 Å². The average Bonchev–Trinajstić information content (AvgIpc) is 2.41. The molecular weight excluding hydrogens is 363 g/mol. The van der Waals surface area contributed by atoms with E-state index in [2.05, 4.69) is 31.9 Å². The Kier molecular flexibility index (Phi) is 4.78. The SMILES string of the molecule is Fc1c(Br)cccc1COc1ccc(CBr)cc1. The molecule has 94 valence electrons. The molecule has 0 amide bonds. The maximum atomic E-state index is 13.7. The second-order valence-corrected chi connectivity index (χ2v) is 5.19. The fraction of sp³-hybridized carbons (Fsp3) is 0.143. The Bertz CT molecular complexity index is 526. The molecule has 0 radical (unpaired) electrons. The van der Waals surface area contributed by atoms with Crippen LogP contribution in [0, 0.1) is 5.82 Å². The molecule has 0 atom stereocenters. The van der Waals surface area contributed by atoms with Gasteiger partial charge in [-0.25, -0.2) is 4.39 Å². The Morgan fingerprint density at radius 2 is 1.78 bits per heavy atom. The van der Waals surface area contributed by atoms with Crippen molar-refractivity contribution in [2.24, 2.45) is 0 Å². The van der Waals surface area contributed by atoms with E-state index in [4.69, 9.17) is 4.74 Å². The third-order valence-corrected chi connectivity index (χ3v) is 3.76. The van der Waals surface area contributed by atoms with Crippen molar-refractivity contribution < 1.29 is 9.13 Å². The van der Waals surface area contributed by atoms with Gasteiger partial charge in [0.1, 0.15) is 18.2 Å². The summed E-state index contributed by atoms with van der Waals surface area (Å²) in [5.41, 5.74) is 1.71. The van der Waals surface area contributed by atoms with E-state index in [9.17, 15) is 4.39 Å². The molecule has 0 aromatic heterocycles. The first-order valence-electron chi connectivity index (χ1n) is 5.41. The zero-order valence-electron chi connectivity index (χ0n) is 9.50. The summed E-state index contributed by atoms with van der Waals surface area (Å²) in [4.78, 5) is 0. The molecule has 0 bridgehead atoms. The molecule has 18 heavy (non-hydrogen) atoms. The predicted octanol–water partition coefficient (Wildman–Crippen LogP) is 5.06. The molecule has 0 fully saturated rings. The van der Waals surface area contributed by atoms with Crippen LogP contribution in [0.2, 0.25) is 0 Å². The molecule has 0 aliphatic rings. The van der Waals surface area contributed by atoms with Gasteiger partial charge in [0.2, 0.25) is 0 Å². The van der Waals surface area contributed by atoms with Crippen LogP contribution in [0.15, 0.2) is 46.9 Å². The van der Waals surface area contributed by atoms with Crippen molar-refractivity contribution in [2.45, 2.75) is 11.9 Å². The highest BCUT2D eigenvalue weighted by Gasteiger charge is 2.06. The van der Waals surface area contributed by atoms with E-state index in [1.54, 1.807) is 18.2 Å². The first-order chi connectivity index (χ1) is 8.70.